The number of amides is 2. The van der Waals surface area contributed by atoms with E-state index < -0.39 is 0 Å². The Balaban J connectivity index is 3.88. The summed E-state index contributed by atoms with van der Waals surface area (Å²) in [7, 11) is 0. The van der Waals surface area contributed by atoms with Crippen LogP contribution in [0.25, 0.3) is 0 Å². The maximum atomic E-state index is 11.8. The number of aliphatic hydroxyl groups excluding tert-OH is 1. The summed E-state index contributed by atoms with van der Waals surface area (Å²) < 4.78 is 0. The maximum Gasteiger partial charge on any atom is 0.317 e. The molecule has 0 heterocycles. The molecule has 0 aliphatic carbocycles. The zero-order valence-corrected chi connectivity index (χ0v) is 10.7. The maximum absolute atomic E-state index is 11.8. The summed E-state index contributed by atoms with van der Waals surface area (Å²) >= 11 is 0. The van der Waals surface area contributed by atoms with Crippen LogP contribution in [0.2, 0.25) is 0 Å². The molecule has 0 aliphatic heterocycles. The first kappa shape index (κ1) is 15.2. The fraction of sp³-hybridized carbons (Fsp3) is 0.917. The Morgan fingerprint density at radius 3 is 2.12 bits per heavy atom. The van der Waals surface area contributed by atoms with Gasteiger partial charge in [-0.1, -0.05) is 26.7 Å². The third-order valence-electron chi connectivity index (χ3n) is 2.46. The lowest BCUT2D eigenvalue weighted by atomic mass is 10.3. The van der Waals surface area contributed by atoms with Crippen LogP contribution in [-0.4, -0.2) is 42.3 Å². The molecule has 0 radical (unpaired) electrons. The van der Waals surface area contributed by atoms with E-state index in [2.05, 4.69) is 19.2 Å². The molecule has 0 saturated heterocycles. The van der Waals surface area contributed by atoms with E-state index in [-0.39, 0.29) is 12.6 Å². The summed E-state index contributed by atoms with van der Waals surface area (Å²) in [5, 5.41) is 11.5. The van der Waals surface area contributed by atoms with Gasteiger partial charge in [-0.25, -0.2) is 4.79 Å². The Morgan fingerprint density at radius 2 is 1.69 bits per heavy atom. The third-order valence-corrected chi connectivity index (χ3v) is 2.46. The van der Waals surface area contributed by atoms with E-state index in [9.17, 15) is 4.79 Å². The van der Waals surface area contributed by atoms with Gasteiger partial charge in [0, 0.05) is 26.2 Å². The number of aliphatic hydroxyl groups is 1. The first-order valence-electron chi connectivity index (χ1n) is 6.39. The van der Waals surface area contributed by atoms with E-state index in [0.29, 0.717) is 13.0 Å². The molecular formula is C12H26N2O2. The van der Waals surface area contributed by atoms with Crippen LogP contribution in [0.15, 0.2) is 0 Å². The Bertz CT molecular complexity index is 166. The number of hydrogen-bond donors (Lipinski definition) is 2. The van der Waals surface area contributed by atoms with Gasteiger partial charge in [-0.15, -0.1) is 0 Å². The molecule has 4 nitrogen and oxygen atoms in total. The Hall–Kier alpha value is -0.770. The lowest BCUT2D eigenvalue weighted by Crippen LogP contribution is -2.41. The normalized spacial score (nSPS) is 10.2. The Morgan fingerprint density at radius 1 is 1.12 bits per heavy atom. The van der Waals surface area contributed by atoms with Crippen LogP contribution in [0, 0.1) is 0 Å². The second-order valence-corrected chi connectivity index (χ2v) is 4.00. The average molecular weight is 230 g/mol. The molecule has 0 unspecified atom stereocenters. The first-order valence-corrected chi connectivity index (χ1v) is 6.39. The van der Waals surface area contributed by atoms with Crippen molar-refractivity contribution < 1.29 is 9.90 Å². The monoisotopic (exact) mass is 230 g/mol. The predicted octanol–water partition coefficient (Wildman–Crippen LogP) is 1.98. The standard InChI is InChI=1S/C12H26N2O2/c1-3-5-9-14(10-6-4-2)12(16)13-8-7-11-15/h15H,3-11H2,1-2H3,(H,13,16). The summed E-state index contributed by atoms with van der Waals surface area (Å²) in [4.78, 5) is 13.6. The van der Waals surface area contributed by atoms with Crippen molar-refractivity contribution in [2.24, 2.45) is 0 Å². The quantitative estimate of drug-likeness (QED) is 0.595. The molecule has 0 bridgehead atoms. The molecule has 2 N–H and O–H groups in total. The number of rotatable bonds is 9. The van der Waals surface area contributed by atoms with Gasteiger partial charge in [-0.3, -0.25) is 0 Å². The number of urea groups is 1. The van der Waals surface area contributed by atoms with Crippen molar-refractivity contribution in [1.29, 1.82) is 0 Å². The minimum atomic E-state index is 0.00958. The van der Waals surface area contributed by atoms with E-state index in [1.165, 1.54) is 0 Å². The highest BCUT2D eigenvalue weighted by molar-refractivity contribution is 5.74. The van der Waals surface area contributed by atoms with Crippen LogP contribution in [0.5, 0.6) is 0 Å². The van der Waals surface area contributed by atoms with E-state index in [0.717, 1.165) is 38.8 Å². The van der Waals surface area contributed by atoms with Crippen molar-refractivity contribution >= 4 is 6.03 Å². The van der Waals surface area contributed by atoms with Crippen LogP contribution in [-0.2, 0) is 0 Å². The van der Waals surface area contributed by atoms with Crippen LogP contribution < -0.4 is 5.32 Å². The molecule has 96 valence electrons. The summed E-state index contributed by atoms with van der Waals surface area (Å²) in [5.41, 5.74) is 0. The van der Waals surface area contributed by atoms with Gasteiger partial charge in [0.15, 0.2) is 0 Å². The van der Waals surface area contributed by atoms with Crippen LogP contribution in [0.4, 0.5) is 4.79 Å². The number of carbonyl (C=O) groups is 1. The fourth-order valence-electron chi connectivity index (χ4n) is 1.40. The second-order valence-electron chi connectivity index (χ2n) is 4.00. The molecule has 0 aliphatic rings. The van der Waals surface area contributed by atoms with Crippen molar-refractivity contribution in [2.75, 3.05) is 26.2 Å². The molecule has 16 heavy (non-hydrogen) atoms. The fourth-order valence-corrected chi connectivity index (χ4v) is 1.40. The topological polar surface area (TPSA) is 52.6 Å². The van der Waals surface area contributed by atoms with Gasteiger partial charge in [0.2, 0.25) is 0 Å². The van der Waals surface area contributed by atoms with Crippen LogP contribution >= 0.6 is 0 Å². The summed E-state index contributed by atoms with van der Waals surface area (Å²) in [6, 6.07) is 0.00958. The lowest BCUT2D eigenvalue weighted by molar-refractivity contribution is 0.194. The molecule has 0 aromatic carbocycles. The van der Waals surface area contributed by atoms with Gasteiger partial charge >= 0.3 is 6.03 Å². The zero-order valence-electron chi connectivity index (χ0n) is 10.7. The number of unbranched alkanes of at least 4 members (excludes halogenated alkanes) is 2. The molecule has 0 spiro atoms. The highest BCUT2D eigenvalue weighted by atomic mass is 16.3. The minimum Gasteiger partial charge on any atom is -0.396 e. The number of hydrogen-bond acceptors (Lipinski definition) is 2. The van der Waals surface area contributed by atoms with Gasteiger partial charge < -0.3 is 15.3 Å². The van der Waals surface area contributed by atoms with Crippen LogP contribution in [0.1, 0.15) is 46.0 Å². The number of nitrogens with zero attached hydrogens (tertiary/aromatic N) is 1. The lowest BCUT2D eigenvalue weighted by Gasteiger charge is -2.22. The molecule has 0 atom stereocenters. The molecule has 0 aromatic rings. The summed E-state index contributed by atoms with van der Waals surface area (Å²) in [5.74, 6) is 0. The average Bonchev–Trinajstić information content (AvgIpc) is 2.29. The molecule has 0 rings (SSSR count). The third kappa shape index (κ3) is 7.51. The van der Waals surface area contributed by atoms with Gasteiger partial charge in [0.25, 0.3) is 0 Å². The SMILES string of the molecule is CCCCN(CCCC)C(=O)NCCCO. The van der Waals surface area contributed by atoms with E-state index in [1.807, 2.05) is 4.90 Å². The summed E-state index contributed by atoms with van der Waals surface area (Å²) in [6.45, 7) is 6.61. The smallest absolute Gasteiger partial charge is 0.317 e. The predicted molar refractivity (Wildman–Crippen MR) is 66.5 cm³/mol. The highest BCUT2D eigenvalue weighted by Crippen LogP contribution is 1.99. The Labute approximate surface area is 99.0 Å². The van der Waals surface area contributed by atoms with Gasteiger partial charge in [-0.2, -0.15) is 0 Å². The molecule has 4 heteroatoms. The van der Waals surface area contributed by atoms with Crippen molar-refractivity contribution in [1.82, 2.24) is 10.2 Å². The van der Waals surface area contributed by atoms with Crippen molar-refractivity contribution in [3.63, 3.8) is 0 Å². The molecule has 0 fully saturated rings. The molecular weight excluding hydrogens is 204 g/mol. The zero-order chi connectivity index (χ0) is 12.2. The van der Waals surface area contributed by atoms with Gasteiger partial charge in [-0.05, 0) is 19.3 Å². The van der Waals surface area contributed by atoms with E-state index in [4.69, 9.17) is 5.11 Å². The molecule has 2 amide bonds. The Kier molecular flexibility index (Phi) is 10.2. The minimum absolute atomic E-state index is 0.00958. The second kappa shape index (κ2) is 10.7. The van der Waals surface area contributed by atoms with Crippen LogP contribution in [0.3, 0.4) is 0 Å². The molecule has 0 saturated carbocycles. The highest BCUT2D eigenvalue weighted by Gasteiger charge is 2.10. The van der Waals surface area contributed by atoms with Gasteiger partial charge in [0.05, 0.1) is 0 Å². The van der Waals surface area contributed by atoms with Gasteiger partial charge in [0.1, 0.15) is 0 Å². The van der Waals surface area contributed by atoms with Crippen molar-refractivity contribution in [3.05, 3.63) is 0 Å². The van der Waals surface area contributed by atoms with Crippen molar-refractivity contribution in [2.45, 2.75) is 46.0 Å². The summed E-state index contributed by atoms with van der Waals surface area (Å²) in [6.07, 6.45) is 4.94. The first-order chi connectivity index (χ1) is 7.76. The van der Waals surface area contributed by atoms with E-state index >= 15 is 0 Å². The van der Waals surface area contributed by atoms with E-state index in [1.54, 1.807) is 0 Å². The number of carbonyl (C=O) groups excluding carboxylic acids is 1. The largest absolute Gasteiger partial charge is 0.396 e. The molecule has 0 aromatic heterocycles. The number of nitrogens with one attached hydrogen (secondary N) is 1. The van der Waals surface area contributed by atoms with Crippen molar-refractivity contribution in [3.8, 4) is 0 Å².